The molecule has 0 saturated carbocycles. The van der Waals surface area contributed by atoms with Crippen LogP contribution in [0.3, 0.4) is 0 Å². The molecule has 1 fully saturated rings. The van der Waals surface area contributed by atoms with Crippen molar-refractivity contribution in [1.82, 2.24) is 4.98 Å². The van der Waals surface area contributed by atoms with E-state index in [2.05, 4.69) is 40.2 Å². The summed E-state index contributed by atoms with van der Waals surface area (Å²) in [6.45, 7) is 1.89. The standard InChI is InChI=1S/C20H23N3O/c21-15-18-7-4-12-22-19(18)23-13-10-20(16-24,11-14-23)9-8-17-5-2-1-3-6-17/h1-7,12,24H,8-11,13-14,16H2. The summed E-state index contributed by atoms with van der Waals surface area (Å²) in [5.41, 5.74) is 1.93. The third-order valence-corrected chi connectivity index (χ3v) is 5.15. The Morgan fingerprint density at radius 1 is 1.12 bits per heavy atom. The maximum Gasteiger partial charge on any atom is 0.146 e. The highest BCUT2D eigenvalue weighted by Gasteiger charge is 2.34. The zero-order valence-electron chi connectivity index (χ0n) is 13.9. The van der Waals surface area contributed by atoms with E-state index in [1.165, 1.54) is 5.56 Å². The number of hydrogen-bond acceptors (Lipinski definition) is 4. The summed E-state index contributed by atoms with van der Waals surface area (Å²) in [6.07, 6.45) is 5.58. The average Bonchev–Trinajstić information content (AvgIpc) is 2.67. The molecule has 0 atom stereocenters. The lowest BCUT2D eigenvalue weighted by atomic mass is 9.75. The Bertz CT molecular complexity index is 700. The molecular formula is C20H23N3O. The van der Waals surface area contributed by atoms with Crippen molar-refractivity contribution in [3.63, 3.8) is 0 Å². The summed E-state index contributed by atoms with van der Waals surface area (Å²) in [4.78, 5) is 6.56. The van der Waals surface area contributed by atoms with Gasteiger partial charge in [0.2, 0.25) is 0 Å². The molecule has 0 aliphatic carbocycles. The Hall–Kier alpha value is -2.38. The minimum absolute atomic E-state index is 0.0199. The number of aliphatic hydroxyl groups is 1. The van der Waals surface area contributed by atoms with Gasteiger partial charge in [-0.3, -0.25) is 0 Å². The fourth-order valence-corrected chi connectivity index (χ4v) is 3.47. The summed E-state index contributed by atoms with van der Waals surface area (Å²) in [5, 5.41) is 19.2. The number of pyridine rings is 1. The molecule has 1 saturated heterocycles. The first-order chi connectivity index (χ1) is 11.8. The van der Waals surface area contributed by atoms with E-state index in [0.717, 1.165) is 44.6 Å². The number of piperidine rings is 1. The molecule has 0 spiro atoms. The maximum atomic E-state index is 9.99. The number of hydrogen-bond donors (Lipinski definition) is 1. The summed E-state index contributed by atoms with van der Waals surface area (Å²) in [5.74, 6) is 0.773. The van der Waals surface area contributed by atoms with Crippen LogP contribution < -0.4 is 4.90 Å². The van der Waals surface area contributed by atoms with Crippen LogP contribution in [0.1, 0.15) is 30.4 Å². The van der Waals surface area contributed by atoms with Gasteiger partial charge in [-0.25, -0.2) is 4.98 Å². The first-order valence-corrected chi connectivity index (χ1v) is 8.51. The van der Waals surface area contributed by atoms with Crippen molar-refractivity contribution >= 4 is 5.82 Å². The summed E-state index contributed by atoms with van der Waals surface area (Å²) in [6, 6.07) is 16.3. The van der Waals surface area contributed by atoms with Crippen molar-refractivity contribution in [2.45, 2.75) is 25.7 Å². The molecule has 124 valence electrons. The first-order valence-electron chi connectivity index (χ1n) is 8.51. The predicted octanol–water partition coefficient (Wildman–Crippen LogP) is 3.16. The molecule has 2 heterocycles. The third-order valence-electron chi connectivity index (χ3n) is 5.15. The molecule has 24 heavy (non-hydrogen) atoms. The lowest BCUT2D eigenvalue weighted by molar-refractivity contribution is 0.0872. The molecule has 2 aromatic rings. The summed E-state index contributed by atoms with van der Waals surface area (Å²) >= 11 is 0. The molecule has 4 nitrogen and oxygen atoms in total. The first kappa shape index (κ1) is 16.5. The molecule has 1 aliphatic rings. The van der Waals surface area contributed by atoms with Crippen molar-refractivity contribution in [1.29, 1.82) is 5.26 Å². The summed E-state index contributed by atoms with van der Waals surface area (Å²) < 4.78 is 0. The second-order valence-electron chi connectivity index (χ2n) is 6.62. The van der Waals surface area contributed by atoms with Crippen molar-refractivity contribution in [2.75, 3.05) is 24.6 Å². The van der Waals surface area contributed by atoms with Crippen LogP contribution in [0, 0.1) is 16.7 Å². The normalized spacial score (nSPS) is 16.6. The van der Waals surface area contributed by atoms with E-state index >= 15 is 0 Å². The van der Waals surface area contributed by atoms with E-state index in [0.29, 0.717) is 5.56 Å². The number of aliphatic hydroxyl groups excluding tert-OH is 1. The van der Waals surface area contributed by atoms with E-state index in [4.69, 9.17) is 0 Å². The molecule has 0 bridgehead atoms. The van der Waals surface area contributed by atoms with Crippen LogP contribution in [0.2, 0.25) is 0 Å². The molecule has 1 N–H and O–H groups in total. The minimum Gasteiger partial charge on any atom is -0.396 e. The highest BCUT2D eigenvalue weighted by atomic mass is 16.3. The van der Waals surface area contributed by atoms with Gasteiger partial charge < -0.3 is 10.0 Å². The number of aromatic nitrogens is 1. The molecule has 0 radical (unpaired) electrons. The van der Waals surface area contributed by atoms with Gasteiger partial charge in [-0.2, -0.15) is 5.26 Å². The molecule has 1 aromatic carbocycles. The number of aryl methyl sites for hydroxylation is 1. The second-order valence-corrected chi connectivity index (χ2v) is 6.62. The van der Waals surface area contributed by atoms with Crippen LogP contribution in [0.25, 0.3) is 0 Å². The van der Waals surface area contributed by atoms with Gasteiger partial charge in [0.15, 0.2) is 0 Å². The molecular weight excluding hydrogens is 298 g/mol. The SMILES string of the molecule is N#Cc1cccnc1N1CCC(CO)(CCc2ccccc2)CC1. The molecule has 3 rings (SSSR count). The van der Waals surface area contributed by atoms with Crippen molar-refractivity contribution in [3.05, 3.63) is 59.8 Å². The number of nitrogens with zero attached hydrogens (tertiary/aromatic N) is 3. The van der Waals surface area contributed by atoms with Gasteiger partial charge >= 0.3 is 0 Å². The minimum atomic E-state index is -0.0199. The quantitative estimate of drug-likeness (QED) is 0.919. The molecule has 0 amide bonds. The van der Waals surface area contributed by atoms with Crippen LogP contribution in [-0.4, -0.2) is 29.8 Å². The van der Waals surface area contributed by atoms with E-state index < -0.39 is 0 Å². The highest BCUT2D eigenvalue weighted by Crippen LogP contribution is 2.37. The Balaban J connectivity index is 1.64. The highest BCUT2D eigenvalue weighted by molar-refractivity contribution is 5.53. The van der Waals surface area contributed by atoms with Crippen LogP contribution in [0.5, 0.6) is 0 Å². The average molecular weight is 321 g/mol. The van der Waals surface area contributed by atoms with Gasteiger partial charge in [0.25, 0.3) is 0 Å². The lowest BCUT2D eigenvalue weighted by Gasteiger charge is -2.41. The number of nitriles is 1. The number of rotatable bonds is 5. The third kappa shape index (κ3) is 3.58. The topological polar surface area (TPSA) is 60.2 Å². The van der Waals surface area contributed by atoms with Crippen LogP contribution in [0.4, 0.5) is 5.82 Å². The monoisotopic (exact) mass is 321 g/mol. The van der Waals surface area contributed by atoms with Crippen molar-refractivity contribution in [2.24, 2.45) is 5.41 Å². The van der Waals surface area contributed by atoms with Gasteiger partial charge in [0.1, 0.15) is 11.9 Å². The maximum absolute atomic E-state index is 9.99. The smallest absolute Gasteiger partial charge is 0.146 e. The van der Waals surface area contributed by atoms with Crippen LogP contribution in [-0.2, 0) is 6.42 Å². The Labute approximate surface area is 143 Å². The Kier molecular flexibility index (Phi) is 5.12. The number of anilines is 1. The molecule has 1 aliphatic heterocycles. The van der Waals surface area contributed by atoms with Gasteiger partial charge in [-0.15, -0.1) is 0 Å². The van der Waals surface area contributed by atoms with Crippen molar-refractivity contribution in [3.8, 4) is 6.07 Å². The predicted molar refractivity (Wildman–Crippen MR) is 94.7 cm³/mol. The van der Waals surface area contributed by atoms with E-state index in [9.17, 15) is 10.4 Å². The van der Waals surface area contributed by atoms with Crippen LogP contribution >= 0.6 is 0 Å². The van der Waals surface area contributed by atoms with E-state index in [1.54, 1.807) is 12.3 Å². The Morgan fingerprint density at radius 2 is 1.88 bits per heavy atom. The van der Waals surface area contributed by atoms with E-state index in [-0.39, 0.29) is 12.0 Å². The van der Waals surface area contributed by atoms with Gasteiger partial charge in [0, 0.05) is 25.9 Å². The van der Waals surface area contributed by atoms with Crippen molar-refractivity contribution < 1.29 is 5.11 Å². The fourth-order valence-electron chi connectivity index (χ4n) is 3.47. The Morgan fingerprint density at radius 3 is 2.54 bits per heavy atom. The molecule has 4 heteroatoms. The van der Waals surface area contributed by atoms with Gasteiger partial charge in [0.05, 0.1) is 5.56 Å². The second kappa shape index (κ2) is 7.46. The van der Waals surface area contributed by atoms with Gasteiger partial charge in [-0.1, -0.05) is 30.3 Å². The number of benzene rings is 1. The molecule has 0 unspecified atom stereocenters. The van der Waals surface area contributed by atoms with Crippen LogP contribution in [0.15, 0.2) is 48.7 Å². The zero-order chi connectivity index (χ0) is 16.8. The van der Waals surface area contributed by atoms with E-state index in [1.807, 2.05) is 12.1 Å². The lowest BCUT2D eigenvalue weighted by Crippen LogP contribution is -2.43. The van der Waals surface area contributed by atoms with Gasteiger partial charge in [-0.05, 0) is 48.8 Å². The summed E-state index contributed by atoms with van der Waals surface area (Å²) in [7, 11) is 0. The molecule has 1 aromatic heterocycles. The fraction of sp³-hybridized carbons (Fsp3) is 0.400. The zero-order valence-corrected chi connectivity index (χ0v) is 13.9. The largest absolute Gasteiger partial charge is 0.396 e.